The number of benzene rings is 1. The van der Waals surface area contributed by atoms with E-state index >= 15 is 0 Å². The lowest BCUT2D eigenvalue weighted by atomic mass is 10.1. The van der Waals surface area contributed by atoms with Crippen LogP contribution in [-0.4, -0.2) is 27.6 Å². The third-order valence-electron chi connectivity index (χ3n) is 2.65. The summed E-state index contributed by atoms with van der Waals surface area (Å²) in [4.78, 5) is 11.4. The molecule has 2 aromatic rings. The van der Waals surface area contributed by atoms with Gasteiger partial charge in [-0.3, -0.25) is 0 Å². The van der Waals surface area contributed by atoms with Gasteiger partial charge in [-0.1, -0.05) is 17.3 Å². The van der Waals surface area contributed by atoms with Gasteiger partial charge in [-0.15, -0.1) is 5.10 Å². The van der Waals surface area contributed by atoms with E-state index in [1.807, 2.05) is 0 Å². The molecule has 0 aliphatic heterocycles. The number of halogens is 3. The van der Waals surface area contributed by atoms with E-state index in [-0.39, 0.29) is 18.8 Å². The number of carbonyl (C=O) groups is 1. The predicted molar refractivity (Wildman–Crippen MR) is 66.5 cm³/mol. The summed E-state index contributed by atoms with van der Waals surface area (Å²) in [7, 11) is 0. The number of alkyl halides is 3. The highest BCUT2D eigenvalue weighted by Gasteiger charge is 2.29. The van der Waals surface area contributed by atoms with Crippen LogP contribution in [0.4, 0.5) is 13.2 Å². The Bertz CT molecular complexity index is 620. The molecule has 0 amide bonds. The largest absolute Gasteiger partial charge is 0.461 e. The van der Waals surface area contributed by atoms with Gasteiger partial charge in [0.2, 0.25) is 0 Å². The van der Waals surface area contributed by atoms with E-state index in [1.165, 1.54) is 23.0 Å². The van der Waals surface area contributed by atoms with Crippen LogP contribution in [0.25, 0.3) is 0 Å². The van der Waals surface area contributed by atoms with Gasteiger partial charge in [-0.2, -0.15) is 13.2 Å². The van der Waals surface area contributed by atoms with Gasteiger partial charge in [0.1, 0.15) is 0 Å². The lowest BCUT2D eigenvalue weighted by Gasteiger charge is -2.07. The predicted octanol–water partition coefficient (Wildman–Crippen LogP) is 2.52. The van der Waals surface area contributed by atoms with Crippen molar-refractivity contribution in [2.45, 2.75) is 19.6 Å². The molecular formula is C13H12F3N3O2. The monoisotopic (exact) mass is 299 g/mol. The SMILES string of the molecule is CCOC(=O)c1cn(Cc2ccc(C(F)(F)F)cc2)nn1. The molecule has 0 radical (unpaired) electrons. The van der Waals surface area contributed by atoms with Crippen LogP contribution in [0, 0.1) is 0 Å². The molecule has 1 aromatic carbocycles. The maximum atomic E-state index is 12.4. The fraction of sp³-hybridized carbons (Fsp3) is 0.308. The Morgan fingerprint density at radius 1 is 1.29 bits per heavy atom. The Hall–Kier alpha value is -2.38. The first-order chi connectivity index (χ1) is 9.90. The Morgan fingerprint density at radius 3 is 2.52 bits per heavy atom. The maximum Gasteiger partial charge on any atom is 0.416 e. The van der Waals surface area contributed by atoms with Crippen LogP contribution < -0.4 is 0 Å². The number of rotatable bonds is 4. The van der Waals surface area contributed by atoms with E-state index < -0.39 is 17.7 Å². The minimum absolute atomic E-state index is 0.0590. The summed E-state index contributed by atoms with van der Waals surface area (Å²) in [6.07, 6.45) is -2.97. The van der Waals surface area contributed by atoms with E-state index in [4.69, 9.17) is 4.74 Å². The molecule has 0 aliphatic carbocycles. The second kappa shape index (κ2) is 5.94. The molecule has 0 atom stereocenters. The van der Waals surface area contributed by atoms with E-state index in [2.05, 4.69) is 10.3 Å². The minimum Gasteiger partial charge on any atom is -0.461 e. The number of aromatic nitrogens is 3. The third kappa shape index (κ3) is 3.80. The van der Waals surface area contributed by atoms with E-state index in [0.29, 0.717) is 5.56 Å². The van der Waals surface area contributed by atoms with E-state index in [9.17, 15) is 18.0 Å². The van der Waals surface area contributed by atoms with Crippen molar-refractivity contribution in [1.82, 2.24) is 15.0 Å². The Morgan fingerprint density at radius 2 is 1.95 bits per heavy atom. The van der Waals surface area contributed by atoms with Gasteiger partial charge in [0.15, 0.2) is 5.69 Å². The molecule has 8 heteroatoms. The lowest BCUT2D eigenvalue weighted by Crippen LogP contribution is -2.06. The van der Waals surface area contributed by atoms with Crippen molar-refractivity contribution in [3.63, 3.8) is 0 Å². The van der Waals surface area contributed by atoms with Gasteiger partial charge >= 0.3 is 12.1 Å². The Labute approximate surface area is 118 Å². The van der Waals surface area contributed by atoms with E-state index in [0.717, 1.165) is 12.1 Å². The molecule has 0 bridgehead atoms. The smallest absolute Gasteiger partial charge is 0.416 e. The maximum absolute atomic E-state index is 12.4. The zero-order chi connectivity index (χ0) is 15.5. The van der Waals surface area contributed by atoms with Crippen LogP contribution in [0.1, 0.15) is 28.5 Å². The molecule has 2 rings (SSSR count). The number of hydrogen-bond acceptors (Lipinski definition) is 4. The first kappa shape index (κ1) is 15.0. The summed E-state index contributed by atoms with van der Waals surface area (Å²) in [5, 5.41) is 7.38. The number of ether oxygens (including phenoxy) is 1. The fourth-order valence-corrected chi connectivity index (χ4v) is 1.66. The molecule has 21 heavy (non-hydrogen) atoms. The average molecular weight is 299 g/mol. The van der Waals surface area contributed by atoms with Crippen molar-refractivity contribution in [2.24, 2.45) is 0 Å². The van der Waals surface area contributed by atoms with Crippen molar-refractivity contribution in [2.75, 3.05) is 6.61 Å². The van der Waals surface area contributed by atoms with Crippen LogP contribution in [0.5, 0.6) is 0 Å². The van der Waals surface area contributed by atoms with Crippen LogP contribution in [0.15, 0.2) is 30.5 Å². The van der Waals surface area contributed by atoms with Crippen molar-refractivity contribution >= 4 is 5.97 Å². The third-order valence-corrected chi connectivity index (χ3v) is 2.65. The molecule has 0 N–H and O–H groups in total. The first-order valence-electron chi connectivity index (χ1n) is 6.13. The lowest BCUT2D eigenvalue weighted by molar-refractivity contribution is -0.137. The summed E-state index contributed by atoms with van der Waals surface area (Å²) in [6.45, 7) is 2.11. The average Bonchev–Trinajstić information content (AvgIpc) is 2.87. The standard InChI is InChI=1S/C13H12F3N3O2/c1-2-21-12(20)11-8-19(18-17-11)7-9-3-5-10(6-4-9)13(14,15)16/h3-6,8H,2,7H2,1H3. The highest BCUT2D eigenvalue weighted by Crippen LogP contribution is 2.29. The van der Waals surface area contributed by atoms with Gasteiger partial charge in [-0.25, -0.2) is 9.48 Å². The van der Waals surface area contributed by atoms with Crippen LogP contribution >= 0.6 is 0 Å². The summed E-state index contributed by atoms with van der Waals surface area (Å²) < 4.78 is 43.4. The highest BCUT2D eigenvalue weighted by atomic mass is 19.4. The second-order valence-electron chi connectivity index (χ2n) is 4.22. The topological polar surface area (TPSA) is 57.0 Å². The summed E-state index contributed by atoms with van der Waals surface area (Å²) in [5.41, 5.74) is -0.0378. The van der Waals surface area contributed by atoms with Crippen LogP contribution in [0.3, 0.4) is 0 Å². The van der Waals surface area contributed by atoms with Gasteiger partial charge in [0.05, 0.1) is 24.9 Å². The zero-order valence-electron chi connectivity index (χ0n) is 11.1. The molecule has 0 saturated heterocycles. The van der Waals surface area contributed by atoms with Gasteiger partial charge < -0.3 is 4.74 Å². The van der Waals surface area contributed by atoms with E-state index in [1.54, 1.807) is 6.92 Å². The molecule has 0 aliphatic rings. The van der Waals surface area contributed by atoms with Gasteiger partial charge in [0.25, 0.3) is 0 Å². The van der Waals surface area contributed by atoms with Gasteiger partial charge in [0, 0.05) is 0 Å². The molecule has 5 nitrogen and oxygen atoms in total. The molecule has 0 spiro atoms. The summed E-state index contributed by atoms with van der Waals surface area (Å²) in [5.74, 6) is -0.587. The van der Waals surface area contributed by atoms with Crippen molar-refractivity contribution in [1.29, 1.82) is 0 Å². The quantitative estimate of drug-likeness (QED) is 0.814. The van der Waals surface area contributed by atoms with Gasteiger partial charge in [-0.05, 0) is 24.6 Å². The molecule has 1 aromatic heterocycles. The number of hydrogen-bond donors (Lipinski definition) is 0. The fourth-order valence-electron chi connectivity index (χ4n) is 1.66. The van der Waals surface area contributed by atoms with Crippen molar-refractivity contribution < 1.29 is 22.7 Å². The van der Waals surface area contributed by atoms with Crippen LogP contribution in [-0.2, 0) is 17.5 Å². The molecule has 1 heterocycles. The molecule has 0 fully saturated rings. The molecule has 112 valence electrons. The molecular weight excluding hydrogens is 287 g/mol. The van der Waals surface area contributed by atoms with Crippen LogP contribution in [0.2, 0.25) is 0 Å². The summed E-state index contributed by atoms with van der Waals surface area (Å²) >= 11 is 0. The molecule has 0 saturated carbocycles. The number of carbonyl (C=O) groups excluding carboxylic acids is 1. The van der Waals surface area contributed by atoms with Crippen molar-refractivity contribution in [3.8, 4) is 0 Å². The minimum atomic E-state index is -4.36. The number of esters is 1. The normalized spacial score (nSPS) is 11.4. The highest BCUT2D eigenvalue weighted by molar-refractivity contribution is 5.86. The Balaban J connectivity index is 2.07. The van der Waals surface area contributed by atoms with Crippen molar-refractivity contribution in [3.05, 3.63) is 47.3 Å². The number of nitrogens with zero attached hydrogens (tertiary/aromatic N) is 3. The summed E-state index contributed by atoms with van der Waals surface area (Å²) in [6, 6.07) is 4.71. The Kier molecular flexibility index (Phi) is 4.25. The second-order valence-corrected chi connectivity index (χ2v) is 4.22. The zero-order valence-corrected chi connectivity index (χ0v) is 11.1. The molecule has 0 unspecified atom stereocenters. The first-order valence-corrected chi connectivity index (χ1v) is 6.13.